The van der Waals surface area contributed by atoms with E-state index in [4.69, 9.17) is 9.84 Å². The molecule has 2 aliphatic rings. The minimum atomic E-state index is -0.496. The van der Waals surface area contributed by atoms with Gasteiger partial charge in [0.2, 0.25) is 0 Å². The minimum Gasteiger partial charge on any atom is -0.444 e. The Morgan fingerprint density at radius 1 is 1.03 bits per heavy atom. The third-order valence-corrected chi connectivity index (χ3v) is 6.55. The molecule has 3 aromatic heterocycles. The van der Waals surface area contributed by atoms with Crippen molar-refractivity contribution in [3.63, 3.8) is 0 Å². The van der Waals surface area contributed by atoms with Gasteiger partial charge in [-0.15, -0.1) is 5.10 Å². The Balaban J connectivity index is 1.26. The summed E-state index contributed by atoms with van der Waals surface area (Å²) in [7, 11) is 0. The molecule has 1 N–H and O–H groups in total. The van der Waals surface area contributed by atoms with Crippen molar-refractivity contribution >= 4 is 34.3 Å². The molecule has 2 fully saturated rings. The summed E-state index contributed by atoms with van der Waals surface area (Å²) < 4.78 is 7.50. The van der Waals surface area contributed by atoms with E-state index in [1.54, 1.807) is 18.6 Å². The van der Waals surface area contributed by atoms with Crippen LogP contribution in [0.15, 0.2) is 61.3 Å². The second-order valence-electron chi connectivity index (χ2n) is 10.2. The number of aromatic nitrogens is 5. The van der Waals surface area contributed by atoms with Crippen molar-refractivity contribution in [1.82, 2.24) is 29.6 Å². The van der Waals surface area contributed by atoms with Gasteiger partial charge in [-0.05, 0) is 45.4 Å². The fraction of sp³-hybridized carbons (Fsp3) is 0.346. The van der Waals surface area contributed by atoms with Crippen LogP contribution < -0.4 is 10.2 Å². The lowest BCUT2D eigenvalue weighted by molar-refractivity contribution is 0.0214. The third kappa shape index (κ3) is 4.08. The highest BCUT2D eigenvalue weighted by Crippen LogP contribution is 2.36. The van der Waals surface area contributed by atoms with Crippen molar-refractivity contribution in [1.29, 1.82) is 0 Å². The molecule has 36 heavy (non-hydrogen) atoms. The Labute approximate surface area is 208 Å². The molecule has 0 spiro atoms. The van der Waals surface area contributed by atoms with Gasteiger partial charge in [0, 0.05) is 36.9 Å². The maximum Gasteiger partial charge on any atom is 0.410 e. The van der Waals surface area contributed by atoms with E-state index in [0.717, 1.165) is 35.2 Å². The van der Waals surface area contributed by atoms with Crippen LogP contribution >= 0.6 is 0 Å². The summed E-state index contributed by atoms with van der Waals surface area (Å²) in [5, 5.41) is 9.10. The standard InChI is InChI=1S/C26H28N8O2/c1-26(2,3)36-25(35)33-16-19-11-20(33)15-32(19)17-10-18(13-28-12-17)34-22-7-5-4-6-21(22)24(31-34)30-23-14-27-8-9-29-23/h4-10,12-14,19-20H,11,15-16H2,1-3H3,(H,29,30,31)/t19-,20-/m0/s1. The van der Waals surface area contributed by atoms with Crippen LogP contribution in [0, 0.1) is 0 Å². The van der Waals surface area contributed by atoms with Crippen LogP contribution in [0.1, 0.15) is 27.2 Å². The first-order chi connectivity index (χ1) is 17.4. The molecule has 0 aliphatic carbocycles. The molecule has 2 aliphatic heterocycles. The zero-order chi connectivity index (χ0) is 24.9. The zero-order valence-corrected chi connectivity index (χ0v) is 20.5. The Kier molecular flexibility index (Phi) is 5.24. The van der Waals surface area contributed by atoms with Gasteiger partial charge in [0.25, 0.3) is 0 Å². The summed E-state index contributed by atoms with van der Waals surface area (Å²) >= 11 is 0. The number of anilines is 3. The number of hydrogen-bond acceptors (Lipinski definition) is 8. The van der Waals surface area contributed by atoms with Gasteiger partial charge in [-0.2, -0.15) is 0 Å². The Morgan fingerprint density at radius 2 is 1.86 bits per heavy atom. The summed E-state index contributed by atoms with van der Waals surface area (Å²) in [4.78, 5) is 29.8. The number of carbonyl (C=O) groups is 1. The molecule has 0 unspecified atom stereocenters. The van der Waals surface area contributed by atoms with Crippen molar-refractivity contribution in [2.24, 2.45) is 0 Å². The Hall–Kier alpha value is -4.21. The van der Waals surface area contributed by atoms with E-state index in [-0.39, 0.29) is 18.2 Å². The van der Waals surface area contributed by atoms with Gasteiger partial charge in [0.1, 0.15) is 11.4 Å². The smallest absolute Gasteiger partial charge is 0.410 e. The number of piperazine rings is 1. The molecule has 1 amide bonds. The topological polar surface area (TPSA) is 101 Å². The summed E-state index contributed by atoms with van der Waals surface area (Å²) in [6.45, 7) is 7.11. The second-order valence-corrected chi connectivity index (χ2v) is 10.2. The second kappa shape index (κ2) is 8.47. The normalized spacial score (nSPS) is 19.2. The van der Waals surface area contributed by atoms with E-state index in [2.05, 4.69) is 31.2 Å². The molecule has 5 heterocycles. The number of para-hydroxylation sites is 1. The average molecular weight is 485 g/mol. The van der Waals surface area contributed by atoms with Crippen LogP contribution in [0.5, 0.6) is 0 Å². The molecule has 1 aromatic carbocycles. The lowest BCUT2D eigenvalue weighted by Gasteiger charge is -2.36. The quantitative estimate of drug-likeness (QED) is 0.461. The highest BCUT2D eigenvalue weighted by Gasteiger charge is 2.46. The monoisotopic (exact) mass is 484 g/mol. The number of amides is 1. The van der Waals surface area contributed by atoms with Gasteiger partial charge in [0.15, 0.2) is 5.82 Å². The highest BCUT2D eigenvalue weighted by molar-refractivity contribution is 5.92. The van der Waals surface area contributed by atoms with E-state index < -0.39 is 5.60 Å². The lowest BCUT2D eigenvalue weighted by Crippen LogP contribution is -2.50. The lowest BCUT2D eigenvalue weighted by atomic mass is 10.2. The molecule has 0 radical (unpaired) electrons. The first-order valence-electron chi connectivity index (χ1n) is 12.1. The Bertz CT molecular complexity index is 1410. The van der Waals surface area contributed by atoms with E-state index in [0.29, 0.717) is 18.2 Å². The number of benzene rings is 1. The molecule has 184 valence electrons. The maximum absolute atomic E-state index is 12.6. The Morgan fingerprint density at radius 3 is 2.61 bits per heavy atom. The first kappa shape index (κ1) is 22.3. The molecule has 2 atom stereocenters. The van der Waals surface area contributed by atoms with Crippen molar-refractivity contribution < 1.29 is 9.53 Å². The number of likely N-dealkylation sites (tertiary alicyclic amines) is 1. The van der Waals surface area contributed by atoms with Crippen LogP contribution in [0.25, 0.3) is 16.6 Å². The van der Waals surface area contributed by atoms with Crippen molar-refractivity contribution in [2.75, 3.05) is 23.3 Å². The third-order valence-electron chi connectivity index (χ3n) is 6.55. The van der Waals surface area contributed by atoms with Gasteiger partial charge in [-0.1, -0.05) is 12.1 Å². The van der Waals surface area contributed by atoms with Crippen LogP contribution in [-0.4, -0.2) is 66.5 Å². The number of hydrogen-bond donors (Lipinski definition) is 1. The first-order valence-corrected chi connectivity index (χ1v) is 12.1. The minimum absolute atomic E-state index is 0.141. The molecule has 10 nitrogen and oxygen atoms in total. The van der Waals surface area contributed by atoms with E-state index in [1.165, 1.54) is 0 Å². The highest BCUT2D eigenvalue weighted by atomic mass is 16.6. The van der Waals surface area contributed by atoms with Gasteiger partial charge >= 0.3 is 6.09 Å². The number of nitrogens with zero attached hydrogens (tertiary/aromatic N) is 7. The van der Waals surface area contributed by atoms with Crippen molar-refractivity contribution in [3.8, 4) is 5.69 Å². The van der Waals surface area contributed by atoms with Crippen LogP contribution in [0.3, 0.4) is 0 Å². The number of pyridine rings is 1. The largest absolute Gasteiger partial charge is 0.444 e. The van der Waals surface area contributed by atoms with Crippen molar-refractivity contribution in [3.05, 3.63) is 61.3 Å². The molecular weight excluding hydrogens is 456 g/mol. The van der Waals surface area contributed by atoms with Gasteiger partial charge in [0.05, 0.1) is 41.5 Å². The number of fused-ring (bicyclic) bond motifs is 3. The summed E-state index contributed by atoms with van der Waals surface area (Å²) in [6, 6.07) is 10.5. The molecule has 2 bridgehead atoms. The predicted octanol–water partition coefficient (Wildman–Crippen LogP) is 4.15. The van der Waals surface area contributed by atoms with E-state index in [9.17, 15) is 4.79 Å². The molecule has 0 saturated carbocycles. The predicted molar refractivity (Wildman–Crippen MR) is 137 cm³/mol. The molecule has 6 rings (SSSR count). The fourth-order valence-electron chi connectivity index (χ4n) is 5.06. The maximum atomic E-state index is 12.6. The fourth-order valence-corrected chi connectivity index (χ4v) is 5.06. The van der Waals surface area contributed by atoms with Crippen LogP contribution in [0.2, 0.25) is 0 Å². The molecule has 4 aromatic rings. The number of ether oxygens (including phenoxy) is 1. The summed E-state index contributed by atoms with van der Waals surface area (Å²) in [5.74, 6) is 1.33. The van der Waals surface area contributed by atoms with Gasteiger partial charge in [-0.25, -0.2) is 14.5 Å². The van der Waals surface area contributed by atoms with E-state index >= 15 is 0 Å². The van der Waals surface area contributed by atoms with Crippen LogP contribution in [0.4, 0.5) is 22.1 Å². The summed E-state index contributed by atoms with van der Waals surface area (Å²) in [5.41, 5.74) is 2.35. The average Bonchev–Trinajstić information content (AvgIpc) is 3.57. The number of rotatable bonds is 4. The number of carbonyl (C=O) groups excluding carboxylic acids is 1. The summed E-state index contributed by atoms with van der Waals surface area (Å²) in [6.07, 6.45) is 9.34. The van der Waals surface area contributed by atoms with Gasteiger partial charge in [-0.3, -0.25) is 9.97 Å². The van der Waals surface area contributed by atoms with Crippen molar-refractivity contribution in [2.45, 2.75) is 44.9 Å². The van der Waals surface area contributed by atoms with Crippen LogP contribution in [-0.2, 0) is 4.74 Å². The number of nitrogens with one attached hydrogen (secondary N) is 1. The SMILES string of the molecule is CC(C)(C)OC(=O)N1C[C@@H]2C[C@H]1CN2c1cncc(-n2nc(Nc3cnccn3)c3ccccc32)c1. The van der Waals surface area contributed by atoms with E-state index in [1.807, 2.05) is 67.0 Å². The zero-order valence-electron chi connectivity index (χ0n) is 20.5. The molecular formula is C26H28N8O2. The van der Waals surface area contributed by atoms with Gasteiger partial charge < -0.3 is 19.9 Å². The molecule has 2 saturated heterocycles. The molecule has 10 heteroatoms.